The minimum atomic E-state index is 0.128. The summed E-state index contributed by atoms with van der Waals surface area (Å²) in [7, 11) is 0. The molecule has 1 aliphatic heterocycles. The van der Waals surface area contributed by atoms with Crippen molar-refractivity contribution in [1.29, 1.82) is 0 Å². The largest absolute Gasteiger partial charge is 0.352 e. The van der Waals surface area contributed by atoms with E-state index in [1.54, 1.807) is 0 Å². The summed E-state index contributed by atoms with van der Waals surface area (Å²) in [5.74, 6) is 0.289. The van der Waals surface area contributed by atoms with E-state index in [0.29, 0.717) is 11.6 Å². The minimum Gasteiger partial charge on any atom is -0.352 e. The summed E-state index contributed by atoms with van der Waals surface area (Å²) < 4.78 is 0. The van der Waals surface area contributed by atoms with Crippen molar-refractivity contribution in [3.8, 4) is 0 Å². The molecule has 3 rings (SSSR count). The van der Waals surface area contributed by atoms with Crippen molar-refractivity contribution in [2.45, 2.75) is 32.2 Å². The molecule has 0 atom stereocenters. The monoisotopic (exact) mass is 370 g/mol. The van der Waals surface area contributed by atoms with Crippen LogP contribution in [0, 0.1) is 5.92 Å². The second-order valence-electron chi connectivity index (χ2n) is 7.01. The van der Waals surface area contributed by atoms with Gasteiger partial charge in [-0.25, -0.2) is 0 Å². The van der Waals surface area contributed by atoms with Crippen LogP contribution in [0.25, 0.3) is 0 Å². The van der Waals surface area contributed by atoms with E-state index in [4.69, 9.17) is 11.6 Å². The standard InChI is InChI=1S/C22H27ClN2O/c23-21-11-5-4-10-20(21)17-24-22(26)19-12-15-25(16-13-19)14-6-9-18-7-2-1-3-8-18/h1-5,7-8,10-11,19H,6,9,12-17H2,(H,24,26). The van der Waals surface area contributed by atoms with Crippen LogP contribution in [0.3, 0.4) is 0 Å². The number of carbonyl (C=O) groups excluding carboxylic acids is 1. The maximum atomic E-state index is 12.4. The molecule has 138 valence electrons. The van der Waals surface area contributed by atoms with Gasteiger partial charge in [0, 0.05) is 17.5 Å². The average molecular weight is 371 g/mol. The molecule has 1 aliphatic rings. The highest BCUT2D eigenvalue weighted by Gasteiger charge is 2.24. The third-order valence-corrected chi connectivity index (χ3v) is 5.52. The van der Waals surface area contributed by atoms with Crippen molar-refractivity contribution in [2.24, 2.45) is 5.92 Å². The first-order valence-corrected chi connectivity index (χ1v) is 9.87. The molecule has 1 heterocycles. The van der Waals surface area contributed by atoms with Crippen LogP contribution in [0.15, 0.2) is 54.6 Å². The van der Waals surface area contributed by atoms with Gasteiger partial charge in [0.1, 0.15) is 0 Å². The molecular weight excluding hydrogens is 344 g/mol. The van der Waals surface area contributed by atoms with E-state index >= 15 is 0 Å². The van der Waals surface area contributed by atoms with E-state index in [1.807, 2.05) is 24.3 Å². The maximum Gasteiger partial charge on any atom is 0.223 e. The molecule has 1 saturated heterocycles. The molecule has 3 nitrogen and oxygen atoms in total. The molecule has 4 heteroatoms. The quantitative estimate of drug-likeness (QED) is 0.788. The number of rotatable bonds is 7. The number of halogens is 1. The summed E-state index contributed by atoms with van der Waals surface area (Å²) in [6, 6.07) is 18.3. The lowest BCUT2D eigenvalue weighted by Crippen LogP contribution is -2.40. The topological polar surface area (TPSA) is 32.3 Å². The highest BCUT2D eigenvalue weighted by atomic mass is 35.5. The Morgan fingerprint density at radius 3 is 2.46 bits per heavy atom. The Morgan fingerprint density at radius 2 is 1.73 bits per heavy atom. The second kappa shape index (κ2) is 9.75. The first kappa shape index (κ1) is 18.9. The fourth-order valence-corrected chi connectivity index (χ4v) is 3.74. The van der Waals surface area contributed by atoms with Gasteiger partial charge in [0.25, 0.3) is 0 Å². The Hall–Kier alpha value is -1.84. The molecule has 2 aromatic rings. The molecule has 1 N–H and O–H groups in total. The summed E-state index contributed by atoms with van der Waals surface area (Å²) in [5, 5.41) is 3.76. The lowest BCUT2D eigenvalue weighted by Gasteiger charge is -2.31. The number of likely N-dealkylation sites (tertiary alicyclic amines) is 1. The lowest BCUT2D eigenvalue weighted by atomic mass is 9.95. The van der Waals surface area contributed by atoms with Gasteiger partial charge < -0.3 is 10.2 Å². The van der Waals surface area contributed by atoms with Crippen LogP contribution in [-0.2, 0) is 17.8 Å². The Balaban J connectivity index is 1.35. The number of hydrogen-bond donors (Lipinski definition) is 1. The molecule has 26 heavy (non-hydrogen) atoms. The van der Waals surface area contributed by atoms with Gasteiger partial charge >= 0.3 is 0 Å². The van der Waals surface area contributed by atoms with Crippen molar-refractivity contribution < 1.29 is 4.79 Å². The maximum absolute atomic E-state index is 12.4. The molecule has 0 bridgehead atoms. The van der Waals surface area contributed by atoms with Crippen LogP contribution >= 0.6 is 11.6 Å². The van der Waals surface area contributed by atoms with Crippen molar-refractivity contribution in [2.75, 3.05) is 19.6 Å². The molecule has 0 radical (unpaired) electrons. The number of hydrogen-bond acceptors (Lipinski definition) is 2. The molecule has 1 amide bonds. The van der Waals surface area contributed by atoms with E-state index in [0.717, 1.165) is 44.5 Å². The van der Waals surface area contributed by atoms with Gasteiger partial charge in [-0.15, -0.1) is 0 Å². The van der Waals surface area contributed by atoms with E-state index < -0.39 is 0 Å². The van der Waals surface area contributed by atoms with Gasteiger partial charge in [-0.05, 0) is 62.5 Å². The number of nitrogens with one attached hydrogen (secondary N) is 1. The van der Waals surface area contributed by atoms with Crippen molar-refractivity contribution in [3.63, 3.8) is 0 Å². The normalized spacial score (nSPS) is 15.7. The zero-order chi connectivity index (χ0) is 18.2. The van der Waals surface area contributed by atoms with E-state index in [9.17, 15) is 4.79 Å². The van der Waals surface area contributed by atoms with Crippen molar-refractivity contribution >= 4 is 17.5 Å². The van der Waals surface area contributed by atoms with Crippen LogP contribution < -0.4 is 5.32 Å². The number of amides is 1. The predicted molar refractivity (Wildman–Crippen MR) is 107 cm³/mol. The number of carbonyl (C=O) groups is 1. The van der Waals surface area contributed by atoms with Gasteiger partial charge in [0.15, 0.2) is 0 Å². The summed E-state index contributed by atoms with van der Waals surface area (Å²) in [6.07, 6.45) is 4.19. The first-order chi connectivity index (χ1) is 12.7. The highest BCUT2D eigenvalue weighted by molar-refractivity contribution is 6.31. The van der Waals surface area contributed by atoms with Gasteiger partial charge in [-0.3, -0.25) is 4.79 Å². The van der Waals surface area contributed by atoms with Crippen LogP contribution in [-0.4, -0.2) is 30.4 Å². The number of benzene rings is 2. The summed E-state index contributed by atoms with van der Waals surface area (Å²) in [6.45, 7) is 3.65. The minimum absolute atomic E-state index is 0.128. The third-order valence-electron chi connectivity index (χ3n) is 5.15. The van der Waals surface area contributed by atoms with Crippen LogP contribution in [0.5, 0.6) is 0 Å². The van der Waals surface area contributed by atoms with E-state index in [2.05, 4.69) is 40.5 Å². The predicted octanol–water partition coefficient (Wildman–Crippen LogP) is 4.30. The Bertz CT molecular complexity index is 696. The Labute approximate surface area is 161 Å². The van der Waals surface area contributed by atoms with Crippen molar-refractivity contribution in [3.05, 3.63) is 70.7 Å². The summed E-state index contributed by atoms with van der Waals surface area (Å²) in [5.41, 5.74) is 2.38. The zero-order valence-corrected chi connectivity index (χ0v) is 15.9. The fraction of sp³-hybridized carbons (Fsp3) is 0.409. The smallest absolute Gasteiger partial charge is 0.223 e. The van der Waals surface area contributed by atoms with E-state index in [-0.39, 0.29) is 11.8 Å². The lowest BCUT2D eigenvalue weighted by molar-refractivity contribution is -0.126. The SMILES string of the molecule is O=C(NCc1ccccc1Cl)C1CCN(CCCc2ccccc2)CC1. The van der Waals surface area contributed by atoms with Gasteiger partial charge in [-0.2, -0.15) is 0 Å². The molecule has 0 aromatic heterocycles. The Morgan fingerprint density at radius 1 is 1.04 bits per heavy atom. The number of nitrogens with zero attached hydrogens (tertiary/aromatic N) is 1. The molecule has 2 aromatic carbocycles. The van der Waals surface area contributed by atoms with Crippen molar-refractivity contribution in [1.82, 2.24) is 10.2 Å². The van der Waals surface area contributed by atoms with Crippen LogP contribution in [0.4, 0.5) is 0 Å². The Kier molecular flexibility index (Phi) is 7.10. The van der Waals surface area contributed by atoms with Gasteiger partial charge in [-0.1, -0.05) is 60.1 Å². The third kappa shape index (κ3) is 5.58. The molecule has 0 aliphatic carbocycles. The molecule has 0 unspecified atom stereocenters. The highest BCUT2D eigenvalue weighted by Crippen LogP contribution is 2.19. The van der Waals surface area contributed by atoms with Gasteiger partial charge in [0.2, 0.25) is 5.91 Å². The van der Waals surface area contributed by atoms with Crippen LogP contribution in [0.1, 0.15) is 30.4 Å². The first-order valence-electron chi connectivity index (χ1n) is 9.50. The summed E-state index contributed by atoms with van der Waals surface area (Å²) >= 11 is 6.15. The number of piperidine rings is 1. The average Bonchev–Trinajstić information content (AvgIpc) is 2.68. The van der Waals surface area contributed by atoms with E-state index in [1.165, 1.54) is 12.0 Å². The number of aryl methyl sites for hydroxylation is 1. The molecular formula is C22H27ClN2O. The molecule has 1 fully saturated rings. The fourth-order valence-electron chi connectivity index (χ4n) is 3.54. The molecule has 0 spiro atoms. The second-order valence-corrected chi connectivity index (χ2v) is 7.42. The van der Waals surface area contributed by atoms with Crippen LogP contribution in [0.2, 0.25) is 5.02 Å². The molecule has 0 saturated carbocycles. The zero-order valence-electron chi connectivity index (χ0n) is 15.2. The van der Waals surface area contributed by atoms with Gasteiger partial charge in [0.05, 0.1) is 0 Å². The summed E-state index contributed by atoms with van der Waals surface area (Å²) in [4.78, 5) is 14.9.